The molecular weight excluding hydrogens is 200 g/mol. The van der Waals surface area contributed by atoms with E-state index >= 15 is 0 Å². The number of sulfone groups is 1. The van der Waals surface area contributed by atoms with Gasteiger partial charge in [-0.3, -0.25) is 0 Å². The average molecular weight is 210 g/mol. The molecule has 2 unspecified atom stereocenters. The Bertz CT molecular complexity index is 478. The SMILES string of the molecule is O=S1(=O)CCC2OC2c2ccccc21. The van der Waals surface area contributed by atoms with Crippen molar-refractivity contribution >= 4 is 9.84 Å². The maximum Gasteiger partial charge on any atom is 0.178 e. The van der Waals surface area contributed by atoms with E-state index in [0.717, 1.165) is 5.56 Å². The molecule has 0 aliphatic carbocycles. The van der Waals surface area contributed by atoms with Crippen molar-refractivity contribution in [2.24, 2.45) is 0 Å². The van der Waals surface area contributed by atoms with Gasteiger partial charge in [-0.25, -0.2) is 8.42 Å². The summed E-state index contributed by atoms with van der Waals surface area (Å²) in [5.41, 5.74) is 0.843. The van der Waals surface area contributed by atoms with Crippen molar-refractivity contribution in [3.63, 3.8) is 0 Å². The number of benzene rings is 1. The Morgan fingerprint density at radius 2 is 2.07 bits per heavy atom. The molecule has 2 aliphatic rings. The van der Waals surface area contributed by atoms with Crippen LogP contribution in [0.4, 0.5) is 0 Å². The number of ether oxygens (including phenoxy) is 1. The lowest BCUT2D eigenvalue weighted by Gasteiger charge is -2.05. The molecule has 14 heavy (non-hydrogen) atoms. The van der Waals surface area contributed by atoms with Gasteiger partial charge in [0.15, 0.2) is 9.84 Å². The van der Waals surface area contributed by atoms with Crippen LogP contribution >= 0.6 is 0 Å². The maximum atomic E-state index is 11.8. The second kappa shape index (κ2) is 2.58. The zero-order valence-electron chi connectivity index (χ0n) is 7.51. The van der Waals surface area contributed by atoms with E-state index in [4.69, 9.17) is 4.74 Å². The van der Waals surface area contributed by atoms with E-state index in [9.17, 15) is 8.42 Å². The minimum atomic E-state index is -3.06. The molecule has 1 aromatic rings. The highest BCUT2D eigenvalue weighted by molar-refractivity contribution is 7.91. The van der Waals surface area contributed by atoms with E-state index in [-0.39, 0.29) is 18.0 Å². The van der Waals surface area contributed by atoms with Crippen LogP contribution in [0, 0.1) is 0 Å². The molecule has 1 fully saturated rings. The van der Waals surface area contributed by atoms with E-state index in [1.54, 1.807) is 12.1 Å². The Labute approximate surface area is 82.6 Å². The highest BCUT2D eigenvalue weighted by Crippen LogP contribution is 2.46. The van der Waals surface area contributed by atoms with Crippen molar-refractivity contribution < 1.29 is 13.2 Å². The number of rotatable bonds is 0. The first-order valence-corrected chi connectivity index (χ1v) is 6.31. The molecule has 2 aliphatic heterocycles. The molecule has 2 atom stereocenters. The van der Waals surface area contributed by atoms with Gasteiger partial charge in [0.05, 0.1) is 16.8 Å². The molecule has 0 N–H and O–H groups in total. The van der Waals surface area contributed by atoms with E-state index < -0.39 is 9.84 Å². The summed E-state index contributed by atoms with van der Waals surface area (Å²) < 4.78 is 29.0. The standard InChI is InChI=1S/C10H10O3S/c11-14(12)6-5-8-10(13-8)7-3-1-2-4-9(7)14/h1-4,8,10H,5-6H2. The van der Waals surface area contributed by atoms with Crippen molar-refractivity contribution in [2.45, 2.75) is 23.5 Å². The average Bonchev–Trinajstić information content (AvgIpc) is 2.93. The molecule has 1 saturated heterocycles. The third-order valence-corrected chi connectivity index (χ3v) is 4.63. The highest BCUT2D eigenvalue weighted by atomic mass is 32.2. The Kier molecular flexibility index (Phi) is 1.56. The van der Waals surface area contributed by atoms with Crippen molar-refractivity contribution in [3.8, 4) is 0 Å². The fourth-order valence-corrected chi connectivity index (χ4v) is 3.61. The van der Waals surface area contributed by atoms with E-state index in [0.29, 0.717) is 11.3 Å². The van der Waals surface area contributed by atoms with Gasteiger partial charge in [0.25, 0.3) is 0 Å². The van der Waals surface area contributed by atoms with E-state index in [1.807, 2.05) is 12.1 Å². The largest absolute Gasteiger partial charge is 0.364 e. The van der Waals surface area contributed by atoms with Crippen molar-refractivity contribution in [1.82, 2.24) is 0 Å². The molecule has 0 bridgehead atoms. The van der Waals surface area contributed by atoms with Gasteiger partial charge in [0.2, 0.25) is 0 Å². The second-order valence-corrected chi connectivity index (χ2v) is 5.82. The molecule has 3 nitrogen and oxygen atoms in total. The fraction of sp³-hybridized carbons (Fsp3) is 0.400. The van der Waals surface area contributed by atoms with Crippen molar-refractivity contribution in [3.05, 3.63) is 29.8 Å². The Hall–Kier alpha value is -0.870. The number of hydrogen-bond donors (Lipinski definition) is 0. The third kappa shape index (κ3) is 1.11. The molecule has 4 heteroatoms. The summed E-state index contributed by atoms with van der Waals surface area (Å²) in [6.45, 7) is 0. The van der Waals surface area contributed by atoms with Crippen LogP contribution in [0.2, 0.25) is 0 Å². The van der Waals surface area contributed by atoms with Crippen LogP contribution in [0.1, 0.15) is 18.1 Å². The fourth-order valence-electron chi connectivity index (χ4n) is 2.02. The van der Waals surface area contributed by atoms with Crippen molar-refractivity contribution in [2.75, 3.05) is 5.75 Å². The Balaban J connectivity index is 2.25. The van der Waals surface area contributed by atoms with Gasteiger partial charge in [-0.1, -0.05) is 18.2 Å². The lowest BCUT2D eigenvalue weighted by Crippen LogP contribution is -2.07. The van der Waals surface area contributed by atoms with Gasteiger partial charge in [0, 0.05) is 5.56 Å². The van der Waals surface area contributed by atoms with Crippen LogP contribution < -0.4 is 0 Å². The second-order valence-electron chi connectivity index (χ2n) is 3.74. The highest BCUT2D eigenvalue weighted by Gasteiger charge is 2.45. The molecule has 74 valence electrons. The quantitative estimate of drug-likeness (QED) is 0.606. The molecule has 0 amide bonds. The van der Waals surface area contributed by atoms with E-state index in [2.05, 4.69) is 0 Å². The molecule has 3 rings (SSSR count). The molecule has 2 heterocycles. The van der Waals surface area contributed by atoms with Crippen LogP contribution in [0.3, 0.4) is 0 Å². The van der Waals surface area contributed by atoms with Gasteiger partial charge in [0.1, 0.15) is 6.10 Å². The molecule has 0 saturated carbocycles. The summed E-state index contributed by atoms with van der Waals surface area (Å²) in [4.78, 5) is 0.463. The normalized spacial score (nSPS) is 32.6. The molecule has 0 spiro atoms. The summed E-state index contributed by atoms with van der Waals surface area (Å²) >= 11 is 0. The molecule has 0 radical (unpaired) electrons. The summed E-state index contributed by atoms with van der Waals surface area (Å²) in [5.74, 6) is 0.213. The number of hydrogen-bond acceptors (Lipinski definition) is 3. The van der Waals surface area contributed by atoms with Crippen LogP contribution in [0.15, 0.2) is 29.2 Å². The minimum Gasteiger partial charge on any atom is -0.364 e. The third-order valence-electron chi connectivity index (χ3n) is 2.81. The molecule has 1 aromatic carbocycles. The van der Waals surface area contributed by atoms with Gasteiger partial charge in [-0.05, 0) is 12.5 Å². The zero-order valence-corrected chi connectivity index (χ0v) is 8.33. The maximum absolute atomic E-state index is 11.8. The van der Waals surface area contributed by atoms with Crippen LogP contribution in [-0.4, -0.2) is 20.3 Å². The van der Waals surface area contributed by atoms with Crippen LogP contribution in [0.25, 0.3) is 0 Å². The number of epoxide rings is 1. The van der Waals surface area contributed by atoms with Gasteiger partial charge >= 0.3 is 0 Å². The smallest absolute Gasteiger partial charge is 0.178 e. The van der Waals surface area contributed by atoms with Crippen LogP contribution in [0.5, 0.6) is 0 Å². The molecule has 0 aromatic heterocycles. The minimum absolute atomic E-state index is 0.0310. The topological polar surface area (TPSA) is 46.7 Å². The Morgan fingerprint density at radius 3 is 2.93 bits per heavy atom. The predicted octanol–water partition coefficient (Wildman–Crippen LogP) is 1.30. The lowest BCUT2D eigenvalue weighted by molar-refractivity contribution is 0.366. The first-order valence-electron chi connectivity index (χ1n) is 4.66. The summed E-state index contributed by atoms with van der Waals surface area (Å²) in [6.07, 6.45) is 0.790. The summed E-state index contributed by atoms with van der Waals surface area (Å²) in [6, 6.07) is 7.15. The van der Waals surface area contributed by atoms with Gasteiger partial charge in [-0.15, -0.1) is 0 Å². The zero-order chi connectivity index (χ0) is 9.76. The summed E-state index contributed by atoms with van der Waals surface area (Å²) in [7, 11) is -3.06. The van der Waals surface area contributed by atoms with E-state index in [1.165, 1.54) is 0 Å². The predicted molar refractivity (Wildman–Crippen MR) is 50.7 cm³/mol. The van der Waals surface area contributed by atoms with Crippen molar-refractivity contribution in [1.29, 1.82) is 0 Å². The van der Waals surface area contributed by atoms with Gasteiger partial charge in [-0.2, -0.15) is 0 Å². The van der Waals surface area contributed by atoms with Gasteiger partial charge < -0.3 is 4.74 Å². The monoisotopic (exact) mass is 210 g/mol. The summed E-state index contributed by atoms with van der Waals surface area (Å²) in [5, 5.41) is 0. The van der Waals surface area contributed by atoms with Crippen LogP contribution in [-0.2, 0) is 14.6 Å². The first-order chi connectivity index (χ1) is 6.68. The first kappa shape index (κ1) is 8.44. The lowest BCUT2D eigenvalue weighted by atomic mass is 10.1. The number of fused-ring (bicyclic) bond motifs is 3. The Morgan fingerprint density at radius 1 is 1.29 bits per heavy atom. The molecular formula is C10H10O3S.